The molecule has 3 heteroatoms. The van der Waals surface area contributed by atoms with E-state index in [2.05, 4.69) is 11.3 Å². The molecule has 1 heterocycles. The van der Waals surface area contributed by atoms with E-state index in [1.54, 1.807) is 9.12 Å². The van der Waals surface area contributed by atoms with Crippen LogP contribution in [0.3, 0.4) is 0 Å². The van der Waals surface area contributed by atoms with Gasteiger partial charge in [0.25, 0.3) is 0 Å². The van der Waals surface area contributed by atoms with E-state index in [4.69, 9.17) is 0 Å². The van der Waals surface area contributed by atoms with Gasteiger partial charge in [0.1, 0.15) is 0 Å². The van der Waals surface area contributed by atoms with Gasteiger partial charge < -0.3 is 0 Å². The second-order valence-electron chi connectivity index (χ2n) is 0.967. The molecule has 0 amide bonds. The van der Waals surface area contributed by atoms with Gasteiger partial charge in [-0.2, -0.15) is 0 Å². The van der Waals surface area contributed by atoms with Crippen LogP contribution in [0.15, 0.2) is 4.40 Å². The second kappa shape index (κ2) is 2.07. The molecule has 1 aliphatic heterocycles. The van der Waals surface area contributed by atoms with E-state index in [1.165, 1.54) is 3.51 Å². The maximum absolute atomic E-state index is 3.97. The van der Waals surface area contributed by atoms with Crippen LogP contribution in [0.2, 0.25) is 0 Å². The second-order valence-corrected chi connectivity index (χ2v) is 5.68. The predicted octanol–water partition coefficient (Wildman–Crippen LogP) is 1.80. The van der Waals surface area contributed by atoms with Crippen molar-refractivity contribution in [3.8, 4) is 0 Å². The van der Waals surface area contributed by atoms with Crippen LogP contribution in [0.4, 0.5) is 0 Å². The Morgan fingerprint density at radius 2 is 2.83 bits per heavy atom. The molecular weight excluding hydrogens is 209 g/mol. The molecule has 34 valence electrons. The van der Waals surface area contributed by atoms with Gasteiger partial charge in [0.2, 0.25) is 0 Å². The van der Waals surface area contributed by atoms with Gasteiger partial charge >= 0.3 is 0 Å². The third-order valence-electron chi connectivity index (χ3n) is 0.427. The summed E-state index contributed by atoms with van der Waals surface area (Å²) in [4.78, 5) is 0. The number of rotatable bonds is 0. The largest absolute Gasteiger partial charge is 0.213 e. The predicted molar refractivity (Wildman–Crippen MR) is 40.8 cm³/mol. The summed E-state index contributed by atoms with van der Waals surface area (Å²) >= 11 is 0.291. The number of hydrogen-bond donors (Lipinski definition) is 0. The lowest BCUT2D eigenvalue weighted by Crippen LogP contribution is -1.78. The molecule has 0 N–H and O–H groups in total. The monoisotopic (exact) mass is 213 g/mol. The zero-order chi connectivity index (χ0) is 4.41. The van der Waals surface area contributed by atoms with E-state index in [1.807, 2.05) is 6.21 Å². The summed E-state index contributed by atoms with van der Waals surface area (Å²) < 4.78 is 5.45. The van der Waals surface area contributed by atoms with Gasteiger partial charge in [-0.05, 0) is 26.3 Å². The van der Waals surface area contributed by atoms with Gasteiger partial charge in [-0.1, -0.05) is 0 Å². The van der Waals surface area contributed by atoms with Crippen molar-refractivity contribution < 1.29 is 0 Å². The Balaban J connectivity index is 2.68. The lowest BCUT2D eigenvalue weighted by molar-refractivity contribution is 2.00. The molecule has 1 aliphatic rings. The average molecular weight is 213 g/mol. The molecule has 0 radical (unpaired) electrons. The molecule has 1 nitrogen and oxygen atoms in total. The first-order chi connectivity index (χ1) is 2.89. The Hall–Kier alpha value is 0.620. The van der Waals surface area contributed by atoms with Gasteiger partial charge in [0.05, 0.1) is 0 Å². The first-order valence-electron chi connectivity index (χ1n) is 1.57. The number of nitrogens with zero attached hydrogens (tertiary/aromatic N) is 1. The minimum Gasteiger partial charge on any atom is -0.213 e. The van der Waals surface area contributed by atoms with Crippen molar-refractivity contribution in [2.24, 2.45) is 4.40 Å². The van der Waals surface area contributed by atoms with E-state index in [-0.39, 0.29) is 0 Å². The molecule has 0 atom stereocenters. The zero-order valence-corrected chi connectivity index (χ0v) is 6.28. The van der Waals surface area contributed by atoms with Gasteiger partial charge in [-0.15, -0.1) is 0 Å². The molecule has 0 spiro atoms. The van der Waals surface area contributed by atoms with E-state index in [9.17, 15) is 0 Å². The molecule has 0 aromatic rings. The van der Waals surface area contributed by atoms with Crippen molar-refractivity contribution in [2.45, 2.75) is 6.92 Å². The summed E-state index contributed by atoms with van der Waals surface area (Å²) in [6, 6.07) is 0. The average Bonchev–Trinajstić information content (AvgIpc) is 1.86. The van der Waals surface area contributed by atoms with Gasteiger partial charge in [0, 0.05) is 18.8 Å². The van der Waals surface area contributed by atoms with Crippen LogP contribution in [-0.2, 0) is 0 Å². The van der Waals surface area contributed by atoms with Crippen LogP contribution in [0.5, 0.6) is 0 Å². The Kier molecular flexibility index (Phi) is 1.64. The van der Waals surface area contributed by atoms with Gasteiger partial charge in [-0.3, -0.25) is 0 Å². The van der Waals surface area contributed by atoms with E-state index in [0.29, 0.717) is 19.3 Å². The molecule has 0 bridgehead atoms. The quantitative estimate of drug-likeness (QED) is 0.441. The van der Waals surface area contributed by atoms with Gasteiger partial charge in [0.15, 0.2) is 0 Å². The smallest absolute Gasteiger partial charge is 0.0451 e. The Labute approximate surface area is 49.6 Å². The van der Waals surface area contributed by atoms with Crippen molar-refractivity contribution >= 4 is 38.2 Å². The fourth-order valence-electron chi connectivity index (χ4n) is 0.187. The van der Waals surface area contributed by atoms with E-state index >= 15 is 0 Å². The topological polar surface area (TPSA) is 12.4 Å². The van der Waals surface area contributed by atoms with Crippen LogP contribution < -0.4 is 0 Å². The third kappa shape index (κ3) is 1.04. The summed E-state index contributed by atoms with van der Waals surface area (Å²) in [6.07, 6.45) is 1.96. The first-order valence-corrected chi connectivity index (χ1v) is 5.97. The molecule has 0 fully saturated rings. The van der Waals surface area contributed by atoms with Crippen molar-refractivity contribution in [3.05, 3.63) is 0 Å². The standard InChI is InChI=1S/C3H4INS/c1-3-2-5-6-4-3/h2H,1H3. The summed E-state index contributed by atoms with van der Waals surface area (Å²) in [6.45, 7) is 2.14. The SMILES string of the molecule is CC1=ISN=C1. The Morgan fingerprint density at radius 1 is 2.00 bits per heavy atom. The van der Waals surface area contributed by atoms with Crippen molar-refractivity contribution in [1.82, 2.24) is 0 Å². The highest BCUT2D eigenvalue weighted by Crippen LogP contribution is 2.26. The zero-order valence-electron chi connectivity index (χ0n) is 3.31. The normalized spacial score (nSPS) is 19.8. The van der Waals surface area contributed by atoms with Crippen molar-refractivity contribution in [1.29, 1.82) is 0 Å². The molecule has 0 saturated carbocycles. The Morgan fingerprint density at radius 3 is 3.00 bits per heavy atom. The molecule has 0 aromatic carbocycles. The maximum Gasteiger partial charge on any atom is 0.0451 e. The highest BCUT2D eigenvalue weighted by atomic mass is 127. The molecule has 6 heavy (non-hydrogen) atoms. The summed E-state index contributed by atoms with van der Waals surface area (Å²) in [5.74, 6) is 0. The summed E-state index contributed by atoms with van der Waals surface area (Å²) in [5.41, 5.74) is 0. The summed E-state index contributed by atoms with van der Waals surface area (Å²) in [5, 5.41) is 0. The minimum atomic E-state index is 0.291. The molecule has 0 aromatic heterocycles. The summed E-state index contributed by atoms with van der Waals surface area (Å²) in [7, 11) is 1.72. The van der Waals surface area contributed by atoms with Crippen molar-refractivity contribution in [3.63, 3.8) is 0 Å². The first kappa shape index (κ1) is 4.77. The van der Waals surface area contributed by atoms with Crippen LogP contribution in [0, 0.1) is 0 Å². The van der Waals surface area contributed by atoms with E-state index in [0.717, 1.165) is 0 Å². The molecular formula is C3H4INS. The Bertz CT molecular complexity index is 105. The number of hydrogen-bond acceptors (Lipinski definition) is 2. The fraction of sp³-hybridized carbons (Fsp3) is 0.333. The molecule has 0 aliphatic carbocycles. The van der Waals surface area contributed by atoms with Crippen molar-refractivity contribution in [2.75, 3.05) is 0 Å². The van der Waals surface area contributed by atoms with Gasteiger partial charge in [-0.25, -0.2) is 4.40 Å². The highest BCUT2D eigenvalue weighted by molar-refractivity contribution is 14.2. The lowest BCUT2D eigenvalue weighted by Gasteiger charge is -1.66. The number of halogens is 1. The molecule has 1 rings (SSSR count). The maximum atomic E-state index is 3.97. The van der Waals surface area contributed by atoms with Crippen LogP contribution in [0.1, 0.15) is 6.92 Å². The van der Waals surface area contributed by atoms with Crippen LogP contribution in [-0.4, -0.2) is 9.72 Å². The molecule has 0 saturated heterocycles. The lowest BCUT2D eigenvalue weighted by atomic mass is 10.6. The fourth-order valence-corrected chi connectivity index (χ4v) is 2.86. The van der Waals surface area contributed by atoms with Crippen LogP contribution >= 0.6 is 28.5 Å². The third-order valence-corrected chi connectivity index (χ3v) is 4.56. The van der Waals surface area contributed by atoms with E-state index < -0.39 is 0 Å². The highest BCUT2D eigenvalue weighted by Gasteiger charge is 1.88. The minimum absolute atomic E-state index is 0.291. The van der Waals surface area contributed by atoms with Crippen LogP contribution in [0.25, 0.3) is 0 Å². The molecule has 0 unspecified atom stereocenters.